The van der Waals surface area contributed by atoms with Crippen molar-refractivity contribution in [2.75, 3.05) is 12.4 Å². The zero-order valence-electron chi connectivity index (χ0n) is 13.1. The molecule has 4 aromatic rings. The van der Waals surface area contributed by atoms with Crippen molar-refractivity contribution < 1.29 is 4.74 Å². The highest BCUT2D eigenvalue weighted by atomic mass is 35.5. The third kappa shape index (κ3) is 2.32. The smallest absolute Gasteiger partial charge is 0.204 e. The van der Waals surface area contributed by atoms with Gasteiger partial charge >= 0.3 is 0 Å². The molecule has 0 saturated carbocycles. The van der Waals surface area contributed by atoms with Crippen molar-refractivity contribution in [3.05, 3.63) is 53.3 Å². The minimum Gasteiger partial charge on any atom is -0.495 e. The van der Waals surface area contributed by atoms with E-state index in [-0.39, 0.29) is 0 Å². The second kappa shape index (κ2) is 5.65. The van der Waals surface area contributed by atoms with E-state index in [4.69, 9.17) is 16.3 Å². The first kappa shape index (κ1) is 14.7. The zero-order valence-corrected chi connectivity index (χ0v) is 13.9. The van der Waals surface area contributed by atoms with E-state index < -0.39 is 0 Å². The first-order chi connectivity index (χ1) is 11.7. The highest BCUT2D eigenvalue weighted by molar-refractivity contribution is 6.31. The molecule has 0 radical (unpaired) electrons. The van der Waals surface area contributed by atoms with E-state index in [0.29, 0.717) is 22.2 Å². The summed E-state index contributed by atoms with van der Waals surface area (Å²) in [5.74, 6) is 1.24. The largest absolute Gasteiger partial charge is 0.495 e. The first-order valence-electron chi connectivity index (χ1n) is 7.37. The van der Waals surface area contributed by atoms with Gasteiger partial charge in [-0.3, -0.25) is 4.40 Å². The predicted molar refractivity (Wildman–Crippen MR) is 94.3 cm³/mol. The summed E-state index contributed by atoms with van der Waals surface area (Å²) < 4.78 is 7.32. The average molecular weight is 340 g/mol. The van der Waals surface area contributed by atoms with Crippen molar-refractivity contribution in [2.45, 2.75) is 6.92 Å². The maximum Gasteiger partial charge on any atom is 0.204 e. The van der Waals surface area contributed by atoms with E-state index in [1.807, 2.05) is 41.7 Å². The molecule has 7 heteroatoms. The van der Waals surface area contributed by atoms with Crippen molar-refractivity contribution in [1.82, 2.24) is 19.6 Å². The normalized spacial score (nSPS) is 11.1. The third-order valence-corrected chi connectivity index (χ3v) is 4.27. The van der Waals surface area contributed by atoms with Gasteiger partial charge in [0, 0.05) is 11.1 Å². The molecule has 0 unspecified atom stereocenters. The Balaban J connectivity index is 1.91. The quantitative estimate of drug-likeness (QED) is 0.611. The van der Waals surface area contributed by atoms with Crippen LogP contribution in [-0.2, 0) is 0 Å². The van der Waals surface area contributed by atoms with Crippen LogP contribution < -0.4 is 10.1 Å². The van der Waals surface area contributed by atoms with Gasteiger partial charge in [-0.05, 0) is 30.7 Å². The van der Waals surface area contributed by atoms with Crippen LogP contribution in [0.3, 0.4) is 0 Å². The molecule has 2 heterocycles. The molecule has 0 spiro atoms. The molecule has 0 fully saturated rings. The van der Waals surface area contributed by atoms with E-state index in [1.165, 1.54) is 0 Å². The van der Waals surface area contributed by atoms with Crippen molar-refractivity contribution in [3.63, 3.8) is 0 Å². The number of rotatable bonds is 3. The molecule has 1 N–H and O–H groups in total. The molecule has 120 valence electrons. The van der Waals surface area contributed by atoms with Gasteiger partial charge in [-0.15, -0.1) is 10.2 Å². The Bertz CT molecular complexity index is 1060. The van der Waals surface area contributed by atoms with E-state index in [2.05, 4.69) is 20.5 Å². The highest BCUT2D eigenvalue weighted by Crippen LogP contribution is 2.33. The molecule has 0 aliphatic rings. The van der Waals surface area contributed by atoms with Crippen molar-refractivity contribution in [2.24, 2.45) is 0 Å². The maximum atomic E-state index is 6.17. The van der Waals surface area contributed by atoms with Gasteiger partial charge in [0.25, 0.3) is 0 Å². The summed E-state index contributed by atoms with van der Waals surface area (Å²) in [7, 11) is 1.60. The molecule has 0 saturated heterocycles. The molecule has 2 aromatic carbocycles. The van der Waals surface area contributed by atoms with Gasteiger partial charge in [-0.25, -0.2) is 4.98 Å². The molecule has 0 amide bonds. The van der Waals surface area contributed by atoms with Gasteiger partial charge in [0.2, 0.25) is 5.65 Å². The van der Waals surface area contributed by atoms with Crippen LogP contribution in [0.1, 0.15) is 5.56 Å². The lowest BCUT2D eigenvalue weighted by atomic mass is 10.2. The number of nitrogens with one attached hydrogen (secondary N) is 1. The number of hydrogen-bond acceptors (Lipinski definition) is 5. The molecule has 4 rings (SSSR count). The standard InChI is InChI=1S/C17H14ClN5O/c1-10-7-13(15(24-2)8-11(10)18)21-16-17-22-19-9-23(17)14-6-4-3-5-12(14)20-16/h3-9H,1-2H3,(H,20,21). The number of methoxy groups -OCH3 is 1. The monoisotopic (exact) mass is 339 g/mol. The molecule has 0 aliphatic carbocycles. The number of fused-ring (bicyclic) bond motifs is 3. The van der Waals surface area contributed by atoms with Crippen molar-refractivity contribution >= 4 is 39.8 Å². The van der Waals surface area contributed by atoms with E-state index in [9.17, 15) is 0 Å². The SMILES string of the molecule is COc1cc(Cl)c(C)cc1Nc1nc2ccccc2n2cnnc12. The second-order valence-corrected chi connectivity index (χ2v) is 5.81. The van der Waals surface area contributed by atoms with E-state index in [0.717, 1.165) is 22.3 Å². The molecule has 6 nitrogen and oxygen atoms in total. The van der Waals surface area contributed by atoms with E-state index in [1.54, 1.807) is 19.5 Å². The topological polar surface area (TPSA) is 64.3 Å². The highest BCUT2D eigenvalue weighted by Gasteiger charge is 2.13. The lowest BCUT2D eigenvalue weighted by Gasteiger charge is -2.13. The minimum absolute atomic E-state index is 0.603. The Morgan fingerprint density at radius 2 is 2.04 bits per heavy atom. The number of para-hydroxylation sites is 2. The average Bonchev–Trinajstić information content (AvgIpc) is 3.08. The maximum absolute atomic E-state index is 6.17. The number of aromatic nitrogens is 4. The number of hydrogen-bond donors (Lipinski definition) is 1. The van der Waals surface area contributed by atoms with Gasteiger partial charge in [-0.2, -0.15) is 0 Å². The summed E-state index contributed by atoms with van der Waals surface area (Å²) in [4.78, 5) is 4.68. The fraction of sp³-hybridized carbons (Fsp3) is 0.118. The molecule has 0 aliphatic heterocycles. The number of halogens is 1. The van der Waals surface area contributed by atoms with Gasteiger partial charge in [0.05, 0.1) is 23.8 Å². The molecular weight excluding hydrogens is 326 g/mol. The Hall–Kier alpha value is -2.86. The van der Waals surface area contributed by atoms with Crippen molar-refractivity contribution in [3.8, 4) is 5.75 Å². The number of ether oxygens (including phenoxy) is 1. The summed E-state index contributed by atoms with van der Waals surface area (Å²) in [5, 5.41) is 12.1. The fourth-order valence-corrected chi connectivity index (χ4v) is 2.80. The van der Waals surface area contributed by atoms with Gasteiger partial charge < -0.3 is 10.1 Å². The Morgan fingerprint density at radius 1 is 1.21 bits per heavy atom. The lowest BCUT2D eigenvalue weighted by Crippen LogP contribution is -2.02. The number of anilines is 2. The summed E-state index contributed by atoms with van der Waals surface area (Å²) in [5.41, 5.74) is 4.15. The Kier molecular flexibility index (Phi) is 3.46. The number of nitrogens with zero attached hydrogens (tertiary/aromatic N) is 4. The summed E-state index contributed by atoms with van der Waals surface area (Å²) in [6.45, 7) is 1.94. The molecule has 0 bridgehead atoms. The van der Waals surface area contributed by atoms with Crippen LogP contribution in [-0.4, -0.2) is 26.7 Å². The zero-order chi connectivity index (χ0) is 16.7. The van der Waals surface area contributed by atoms with Crippen LogP contribution in [0.5, 0.6) is 5.75 Å². The van der Waals surface area contributed by atoms with Gasteiger partial charge in [-0.1, -0.05) is 23.7 Å². The molecule has 0 atom stereocenters. The summed E-state index contributed by atoms with van der Waals surface area (Å²) in [6.07, 6.45) is 1.68. The molecule has 24 heavy (non-hydrogen) atoms. The number of benzene rings is 2. The lowest BCUT2D eigenvalue weighted by molar-refractivity contribution is 0.416. The van der Waals surface area contributed by atoms with Crippen LogP contribution in [0, 0.1) is 6.92 Å². The molecule has 2 aromatic heterocycles. The van der Waals surface area contributed by atoms with Crippen LogP contribution in [0.4, 0.5) is 11.5 Å². The van der Waals surface area contributed by atoms with Crippen LogP contribution in [0.25, 0.3) is 16.7 Å². The summed E-state index contributed by atoms with van der Waals surface area (Å²) >= 11 is 6.17. The number of aryl methyl sites for hydroxylation is 1. The predicted octanol–water partition coefficient (Wildman–Crippen LogP) is 3.99. The van der Waals surface area contributed by atoms with Crippen LogP contribution >= 0.6 is 11.6 Å². The minimum atomic E-state index is 0.603. The summed E-state index contributed by atoms with van der Waals surface area (Å²) in [6, 6.07) is 11.5. The van der Waals surface area contributed by atoms with Crippen molar-refractivity contribution in [1.29, 1.82) is 0 Å². The van der Waals surface area contributed by atoms with Gasteiger partial charge in [0.1, 0.15) is 12.1 Å². The van der Waals surface area contributed by atoms with Crippen LogP contribution in [0.2, 0.25) is 5.02 Å². The van der Waals surface area contributed by atoms with E-state index >= 15 is 0 Å². The van der Waals surface area contributed by atoms with Crippen LogP contribution in [0.15, 0.2) is 42.7 Å². The first-order valence-corrected chi connectivity index (χ1v) is 7.75. The Labute approximate surface area is 143 Å². The fourth-order valence-electron chi connectivity index (χ4n) is 2.65. The second-order valence-electron chi connectivity index (χ2n) is 5.40. The van der Waals surface area contributed by atoms with Gasteiger partial charge in [0.15, 0.2) is 5.82 Å². The third-order valence-electron chi connectivity index (χ3n) is 3.87. The molecular formula is C17H14ClN5O. The Morgan fingerprint density at radius 3 is 2.88 bits per heavy atom.